The maximum absolute atomic E-state index is 13.6. The first-order valence-electron chi connectivity index (χ1n) is 6.29. The molecule has 2 aromatic rings. The van der Waals surface area contributed by atoms with E-state index >= 15 is 0 Å². The topological polar surface area (TPSA) is 106 Å². The molecule has 0 aliphatic carbocycles. The van der Waals surface area contributed by atoms with Gasteiger partial charge in [-0.3, -0.25) is 19.6 Å². The predicted octanol–water partition coefficient (Wildman–Crippen LogP) is 2.74. The second-order valence-electron chi connectivity index (χ2n) is 4.58. The van der Waals surface area contributed by atoms with Crippen molar-refractivity contribution >= 4 is 27.2 Å². The molecular weight excluding hydrogens is 327 g/mol. The summed E-state index contributed by atoms with van der Waals surface area (Å²) < 4.78 is 40.3. The number of sulfonamides is 1. The van der Waals surface area contributed by atoms with E-state index in [2.05, 4.69) is 4.72 Å². The fourth-order valence-corrected chi connectivity index (χ4v) is 2.98. The Kier molecular flexibility index (Phi) is 4.41. The molecule has 0 aliphatic heterocycles. The van der Waals surface area contributed by atoms with Gasteiger partial charge in [0.25, 0.3) is 10.0 Å². The summed E-state index contributed by atoms with van der Waals surface area (Å²) in [7, 11) is -4.20. The number of ketones is 1. The molecule has 0 spiro atoms. The van der Waals surface area contributed by atoms with Crippen LogP contribution in [0.3, 0.4) is 0 Å². The van der Waals surface area contributed by atoms with Crippen LogP contribution in [0.4, 0.5) is 15.8 Å². The molecule has 2 aromatic carbocycles. The van der Waals surface area contributed by atoms with Crippen LogP contribution in [0.2, 0.25) is 0 Å². The highest BCUT2D eigenvalue weighted by Crippen LogP contribution is 2.24. The van der Waals surface area contributed by atoms with Gasteiger partial charge in [-0.15, -0.1) is 0 Å². The van der Waals surface area contributed by atoms with Gasteiger partial charge in [0.1, 0.15) is 0 Å². The fourth-order valence-electron chi connectivity index (χ4n) is 1.89. The molecule has 0 atom stereocenters. The third-order valence-electron chi connectivity index (χ3n) is 2.98. The molecule has 0 bridgehead atoms. The number of hydrogen-bond acceptors (Lipinski definition) is 5. The lowest BCUT2D eigenvalue weighted by Gasteiger charge is -2.11. The van der Waals surface area contributed by atoms with E-state index < -0.39 is 31.3 Å². The van der Waals surface area contributed by atoms with Crippen molar-refractivity contribution in [2.45, 2.75) is 11.8 Å². The van der Waals surface area contributed by atoms with E-state index in [0.29, 0.717) is 6.07 Å². The van der Waals surface area contributed by atoms with Gasteiger partial charge >= 0.3 is 5.69 Å². The smallest absolute Gasteiger partial charge is 0.294 e. The summed E-state index contributed by atoms with van der Waals surface area (Å²) in [6.45, 7) is 1.28. The Labute approximate surface area is 131 Å². The van der Waals surface area contributed by atoms with Crippen molar-refractivity contribution in [3.05, 3.63) is 64.0 Å². The maximum atomic E-state index is 13.6. The highest BCUT2D eigenvalue weighted by Gasteiger charge is 2.22. The van der Waals surface area contributed by atoms with Crippen LogP contribution in [0.25, 0.3) is 0 Å². The van der Waals surface area contributed by atoms with Gasteiger partial charge in [-0.25, -0.2) is 8.42 Å². The van der Waals surface area contributed by atoms with Crippen molar-refractivity contribution in [1.29, 1.82) is 0 Å². The molecule has 0 radical (unpaired) electrons. The molecule has 0 fully saturated rings. The Balaban J connectivity index is 2.42. The van der Waals surface area contributed by atoms with E-state index in [-0.39, 0.29) is 17.0 Å². The van der Waals surface area contributed by atoms with Gasteiger partial charge in [-0.1, -0.05) is 12.1 Å². The molecule has 0 aliphatic rings. The van der Waals surface area contributed by atoms with Crippen LogP contribution in [0, 0.1) is 15.9 Å². The SMILES string of the molecule is CC(=O)c1ccccc1NS(=O)(=O)c1ccc([N+](=O)[O-])c(F)c1. The third kappa shape index (κ3) is 3.51. The summed E-state index contributed by atoms with van der Waals surface area (Å²) in [5.74, 6) is -1.61. The van der Waals surface area contributed by atoms with Crippen molar-refractivity contribution in [3.8, 4) is 0 Å². The van der Waals surface area contributed by atoms with Crippen LogP contribution < -0.4 is 4.72 Å². The zero-order valence-electron chi connectivity index (χ0n) is 11.8. The van der Waals surface area contributed by atoms with E-state index in [1.165, 1.54) is 25.1 Å². The number of rotatable bonds is 5. The minimum absolute atomic E-state index is 0.0405. The van der Waals surface area contributed by atoms with Crippen LogP contribution >= 0.6 is 0 Å². The number of hydrogen-bond donors (Lipinski definition) is 1. The molecule has 0 heterocycles. The predicted molar refractivity (Wildman–Crippen MR) is 80.3 cm³/mol. The largest absolute Gasteiger partial charge is 0.304 e. The van der Waals surface area contributed by atoms with E-state index in [4.69, 9.17) is 0 Å². The van der Waals surface area contributed by atoms with Gasteiger partial charge < -0.3 is 0 Å². The number of halogens is 1. The Morgan fingerprint density at radius 1 is 1.22 bits per heavy atom. The van der Waals surface area contributed by atoms with Crippen LogP contribution in [0.15, 0.2) is 47.4 Å². The van der Waals surface area contributed by atoms with Crippen LogP contribution in [-0.2, 0) is 10.0 Å². The van der Waals surface area contributed by atoms with E-state index in [0.717, 1.165) is 12.1 Å². The summed E-state index contributed by atoms with van der Waals surface area (Å²) in [5.41, 5.74) is -0.634. The Hall–Kier alpha value is -2.81. The quantitative estimate of drug-likeness (QED) is 0.512. The monoisotopic (exact) mass is 338 g/mol. The van der Waals surface area contributed by atoms with Crippen LogP contribution in [0.1, 0.15) is 17.3 Å². The zero-order valence-corrected chi connectivity index (χ0v) is 12.6. The highest BCUT2D eigenvalue weighted by molar-refractivity contribution is 7.92. The van der Waals surface area contributed by atoms with Gasteiger partial charge in [0.15, 0.2) is 5.78 Å². The number of carbonyl (C=O) groups excluding carboxylic acids is 1. The second kappa shape index (κ2) is 6.13. The first-order valence-corrected chi connectivity index (χ1v) is 7.77. The molecule has 2 rings (SSSR count). The molecule has 0 amide bonds. The molecule has 7 nitrogen and oxygen atoms in total. The number of nitro benzene ring substituents is 1. The molecule has 0 saturated carbocycles. The molecule has 0 aromatic heterocycles. The minimum atomic E-state index is -4.20. The number of benzene rings is 2. The average Bonchev–Trinajstić information content (AvgIpc) is 2.46. The number of nitro groups is 1. The summed E-state index contributed by atoms with van der Waals surface area (Å²) in [4.78, 5) is 20.6. The molecular formula is C14H11FN2O5S. The first-order chi connectivity index (χ1) is 10.7. The lowest BCUT2D eigenvalue weighted by atomic mass is 10.1. The third-order valence-corrected chi connectivity index (χ3v) is 4.34. The second-order valence-corrected chi connectivity index (χ2v) is 6.26. The Bertz CT molecular complexity index is 896. The van der Waals surface area contributed by atoms with Gasteiger partial charge in [0.05, 0.1) is 15.5 Å². The number of Topliss-reactive ketones (excluding diaryl/α,β-unsaturated/α-hetero) is 1. The van der Waals surface area contributed by atoms with E-state index in [1.54, 1.807) is 6.07 Å². The summed E-state index contributed by atoms with van der Waals surface area (Å²) in [5, 5.41) is 10.6. The fraction of sp³-hybridized carbons (Fsp3) is 0.0714. The standard InChI is InChI=1S/C14H11FN2O5S/c1-9(18)11-4-2-3-5-13(11)16-23(21,22)10-6-7-14(17(19)20)12(15)8-10/h2-8,16H,1H3. The lowest BCUT2D eigenvalue weighted by Crippen LogP contribution is -2.15. The molecule has 1 N–H and O–H groups in total. The minimum Gasteiger partial charge on any atom is -0.294 e. The van der Waals surface area contributed by atoms with Gasteiger partial charge in [0.2, 0.25) is 5.82 Å². The van der Waals surface area contributed by atoms with Crippen molar-refractivity contribution in [1.82, 2.24) is 0 Å². The van der Waals surface area contributed by atoms with Gasteiger partial charge in [0, 0.05) is 17.7 Å². The van der Waals surface area contributed by atoms with Crippen molar-refractivity contribution in [3.63, 3.8) is 0 Å². The lowest BCUT2D eigenvalue weighted by molar-refractivity contribution is -0.387. The summed E-state index contributed by atoms with van der Waals surface area (Å²) in [6.07, 6.45) is 0. The maximum Gasteiger partial charge on any atom is 0.304 e. The summed E-state index contributed by atoms with van der Waals surface area (Å²) in [6, 6.07) is 8.16. The molecule has 120 valence electrons. The van der Waals surface area contributed by atoms with Gasteiger partial charge in [-0.05, 0) is 25.1 Å². The highest BCUT2D eigenvalue weighted by atomic mass is 32.2. The first kappa shape index (κ1) is 16.6. The summed E-state index contributed by atoms with van der Waals surface area (Å²) >= 11 is 0. The number of carbonyl (C=O) groups is 1. The Morgan fingerprint density at radius 2 is 1.87 bits per heavy atom. The van der Waals surface area contributed by atoms with E-state index in [9.17, 15) is 27.7 Å². The zero-order chi connectivity index (χ0) is 17.2. The van der Waals surface area contributed by atoms with Gasteiger partial charge in [-0.2, -0.15) is 4.39 Å². The van der Waals surface area contributed by atoms with E-state index in [1.807, 2.05) is 0 Å². The number of para-hydroxylation sites is 1. The average molecular weight is 338 g/mol. The number of nitrogens with one attached hydrogen (secondary N) is 1. The van der Waals surface area contributed by atoms with Crippen molar-refractivity contribution in [2.24, 2.45) is 0 Å². The van der Waals surface area contributed by atoms with Crippen molar-refractivity contribution < 1.29 is 22.5 Å². The van der Waals surface area contributed by atoms with Crippen LogP contribution in [-0.4, -0.2) is 19.1 Å². The molecule has 0 saturated heterocycles. The van der Waals surface area contributed by atoms with Crippen molar-refractivity contribution in [2.75, 3.05) is 4.72 Å². The Morgan fingerprint density at radius 3 is 2.43 bits per heavy atom. The molecule has 23 heavy (non-hydrogen) atoms. The molecule has 9 heteroatoms. The number of nitrogens with zero attached hydrogens (tertiary/aromatic N) is 1. The van der Waals surface area contributed by atoms with Crippen LogP contribution in [0.5, 0.6) is 0 Å². The molecule has 0 unspecified atom stereocenters. The normalized spacial score (nSPS) is 11.0. The number of anilines is 1.